The summed E-state index contributed by atoms with van der Waals surface area (Å²) in [4.78, 5) is 21.4. The first-order valence-corrected chi connectivity index (χ1v) is 10.6. The Balaban J connectivity index is 1.43. The second-order valence-electron chi connectivity index (χ2n) is 7.42. The highest BCUT2D eigenvalue weighted by atomic mass is 16.5. The molecule has 0 aliphatic rings. The van der Waals surface area contributed by atoms with Gasteiger partial charge in [-0.1, -0.05) is 30.3 Å². The standard InChI is InChI=1S/C25H26N4O2/c1-19(27-25(30)20-10-9-15-26-18-20)24-28-22-13-5-6-14-23(22)29(24)16-7-8-17-31-21-11-3-2-4-12-21/h2-6,9-15,18-19H,7-8,16-17H2,1H3,(H,27,30). The number of imidazole rings is 1. The number of para-hydroxylation sites is 3. The van der Waals surface area contributed by atoms with Crippen LogP contribution in [-0.2, 0) is 6.54 Å². The van der Waals surface area contributed by atoms with Crippen molar-refractivity contribution in [2.24, 2.45) is 0 Å². The lowest BCUT2D eigenvalue weighted by Crippen LogP contribution is -2.28. The fraction of sp³-hybridized carbons (Fsp3) is 0.240. The summed E-state index contributed by atoms with van der Waals surface area (Å²) < 4.78 is 8.00. The smallest absolute Gasteiger partial charge is 0.253 e. The van der Waals surface area contributed by atoms with Gasteiger partial charge in [0.1, 0.15) is 11.6 Å². The third kappa shape index (κ3) is 5.09. The van der Waals surface area contributed by atoms with E-state index in [2.05, 4.69) is 20.9 Å². The van der Waals surface area contributed by atoms with Crippen LogP contribution in [0.2, 0.25) is 0 Å². The number of nitrogens with zero attached hydrogens (tertiary/aromatic N) is 3. The van der Waals surface area contributed by atoms with Crippen LogP contribution < -0.4 is 10.1 Å². The number of carbonyl (C=O) groups excluding carboxylic acids is 1. The van der Waals surface area contributed by atoms with Crippen LogP contribution in [0.5, 0.6) is 5.75 Å². The second kappa shape index (κ2) is 9.89. The zero-order valence-electron chi connectivity index (χ0n) is 17.6. The van der Waals surface area contributed by atoms with Crippen molar-refractivity contribution >= 4 is 16.9 Å². The van der Waals surface area contributed by atoms with Gasteiger partial charge in [0.25, 0.3) is 5.91 Å². The van der Waals surface area contributed by atoms with Crippen molar-refractivity contribution in [2.75, 3.05) is 6.61 Å². The fourth-order valence-corrected chi connectivity index (χ4v) is 3.58. The summed E-state index contributed by atoms with van der Waals surface area (Å²) in [5, 5.41) is 3.05. The first-order chi connectivity index (χ1) is 15.2. The van der Waals surface area contributed by atoms with E-state index < -0.39 is 0 Å². The van der Waals surface area contributed by atoms with E-state index in [0.29, 0.717) is 12.2 Å². The van der Waals surface area contributed by atoms with Crippen molar-refractivity contribution in [3.63, 3.8) is 0 Å². The number of pyridine rings is 1. The molecule has 4 rings (SSSR count). The Morgan fingerprint density at radius 1 is 1.03 bits per heavy atom. The van der Waals surface area contributed by atoms with Gasteiger partial charge in [-0.25, -0.2) is 4.98 Å². The van der Waals surface area contributed by atoms with Gasteiger partial charge in [0.05, 0.1) is 29.2 Å². The zero-order valence-corrected chi connectivity index (χ0v) is 17.6. The fourth-order valence-electron chi connectivity index (χ4n) is 3.58. The molecule has 0 fully saturated rings. The lowest BCUT2D eigenvalue weighted by molar-refractivity contribution is 0.0937. The molecule has 1 atom stereocenters. The molecule has 4 aromatic rings. The minimum absolute atomic E-state index is 0.157. The summed E-state index contributed by atoms with van der Waals surface area (Å²) in [6.07, 6.45) is 5.10. The van der Waals surface area contributed by atoms with Crippen LogP contribution in [0.1, 0.15) is 42.0 Å². The van der Waals surface area contributed by atoms with Crippen LogP contribution in [0.15, 0.2) is 79.1 Å². The topological polar surface area (TPSA) is 69.0 Å². The van der Waals surface area contributed by atoms with E-state index in [4.69, 9.17) is 9.72 Å². The van der Waals surface area contributed by atoms with Crippen molar-refractivity contribution in [3.8, 4) is 5.75 Å². The minimum Gasteiger partial charge on any atom is -0.494 e. The van der Waals surface area contributed by atoms with Gasteiger partial charge in [0.2, 0.25) is 0 Å². The van der Waals surface area contributed by atoms with Crippen LogP contribution in [0.4, 0.5) is 0 Å². The molecule has 158 valence electrons. The van der Waals surface area contributed by atoms with E-state index in [0.717, 1.165) is 42.0 Å². The van der Waals surface area contributed by atoms with Crippen molar-refractivity contribution < 1.29 is 9.53 Å². The van der Waals surface area contributed by atoms with Crippen LogP contribution >= 0.6 is 0 Å². The van der Waals surface area contributed by atoms with Gasteiger partial charge in [-0.2, -0.15) is 0 Å². The number of hydrogen-bond acceptors (Lipinski definition) is 4. The predicted molar refractivity (Wildman–Crippen MR) is 121 cm³/mol. The Kier molecular flexibility index (Phi) is 6.57. The molecule has 6 heteroatoms. The molecule has 2 aromatic heterocycles. The number of aryl methyl sites for hydroxylation is 1. The minimum atomic E-state index is -0.235. The number of carbonyl (C=O) groups is 1. The number of nitrogens with one attached hydrogen (secondary N) is 1. The molecule has 1 unspecified atom stereocenters. The molecular formula is C25H26N4O2. The van der Waals surface area contributed by atoms with Crippen LogP contribution in [0, 0.1) is 0 Å². The summed E-state index contributed by atoms with van der Waals surface area (Å²) in [5.74, 6) is 1.58. The van der Waals surface area contributed by atoms with E-state index in [1.54, 1.807) is 24.5 Å². The molecule has 0 saturated heterocycles. The number of aromatic nitrogens is 3. The molecule has 1 N–H and O–H groups in total. The predicted octanol–water partition coefficient (Wildman–Crippen LogP) is 4.78. The molecule has 6 nitrogen and oxygen atoms in total. The van der Waals surface area contributed by atoms with E-state index in [9.17, 15) is 4.79 Å². The molecule has 0 radical (unpaired) electrons. The average Bonchev–Trinajstić information content (AvgIpc) is 3.19. The highest BCUT2D eigenvalue weighted by Crippen LogP contribution is 2.22. The quantitative estimate of drug-likeness (QED) is 0.400. The number of rotatable bonds is 9. The number of fused-ring (bicyclic) bond motifs is 1. The van der Waals surface area contributed by atoms with E-state index >= 15 is 0 Å². The maximum Gasteiger partial charge on any atom is 0.253 e. The van der Waals surface area contributed by atoms with Gasteiger partial charge >= 0.3 is 0 Å². The number of unbranched alkanes of at least 4 members (excludes halogenated alkanes) is 1. The number of amides is 1. The van der Waals surface area contributed by atoms with Gasteiger partial charge in [-0.05, 0) is 56.2 Å². The summed E-state index contributed by atoms with van der Waals surface area (Å²) in [6, 6.07) is 21.2. The molecule has 0 spiro atoms. The third-order valence-corrected chi connectivity index (χ3v) is 5.13. The highest BCUT2D eigenvalue weighted by molar-refractivity contribution is 5.94. The highest BCUT2D eigenvalue weighted by Gasteiger charge is 2.19. The Labute approximate surface area is 181 Å². The molecule has 0 bridgehead atoms. The van der Waals surface area contributed by atoms with Gasteiger partial charge in [-0.3, -0.25) is 9.78 Å². The summed E-state index contributed by atoms with van der Waals surface area (Å²) in [5.41, 5.74) is 2.54. The van der Waals surface area contributed by atoms with Gasteiger partial charge in [0, 0.05) is 18.9 Å². The van der Waals surface area contributed by atoms with Crippen molar-refractivity contribution in [1.29, 1.82) is 0 Å². The van der Waals surface area contributed by atoms with Crippen molar-refractivity contribution in [1.82, 2.24) is 19.9 Å². The van der Waals surface area contributed by atoms with Gasteiger partial charge in [-0.15, -0.1) is 0 Å². The van der Waals surface area contributed by atoms with E-state index in [1.165, 1.54) is 0 Å². The Hall–Kier alpha value is -3.67. The lowest BCUT2D eigenvalue weighted by atomic mass is 10.2. The maximum absolute atomic E-state index is 12.6. The Morgan fingerprint density at radius 3 is 2.65 bits per heavy atom. The number of hydrogen-bond donors (Lipinski definition) is 1. The van der Waals surface area contributed by atoms with Crippen molar-refractivity contribution in [3.05, 3.63) is 90.5 Å². The third-order valence-electron chi connectivity index (χ3n) is 5.13. The summed E-state index contributed by atoms with van der Waals surface area (Å²) in [6.45, 7) is 3.44. The average molecular weight is 415 g/mol. The maximum atomic E-state index is 12.6. The Bertz CT molecular complexity index is 1130. The molecule has 2 aromatic carbocycles. The molecule has 2 heterocycles. The normalized spacial score (nSPS) is 11.9. The first kappa shape index (κ1) is 20.6. The number of ether oxygens (including phenoxy) is 1. The Morgan fingerprint density at radius 2 is 1.84 bits per heavy atom. The summed E-state index contributed by atoms with van der Waals surface area (Å²) >= 11 is 0. The zero-order chi connectivity index (χ0) is 21.5. The van der Waals surface area contributed by atoms with Crippen LogP contribution in [0.25, 0.3) is 11.0 Å². The summed E-state index contributed by atoms with van der Waals surface area (Å²) in [7, 11) is 0. The van der Waals surface area contributed by atoms with E-state index in [-0.39, 0.29) is 11.9 Å². The second-order valence-corrected chi connectivity index (χ2v) is 7.42. The SMILES string of the molecule is CC(NC(=O)c1cccnc1)c1nc2ccccc2n1CCCCOc1ccccc1. The number of benzene rings is 2. The molecule has 0 aliphatic heterocycles. The van der Waals surface area contributed by atoms with Gasteiger partial charge < -0.3 is 14.6 Å². The molecule has 1 amide bonds. The van der Waals surface area contributed by atoms with Crippen LogP contribution in [0.3, 0.4) is 0 Å². The first-order valence-electron chi connectivity index (χ1n) is 10.6. The lowest BCUT2D eigenvalue weighted by Gasteiger charge is -2.16. The molecule has 0 aliphatic carbocycles. The molecule has 0 saturated carbocycles. The van der Waals surface area contributed by atoms with E-state index in [1.807, 2.05) is 55.5 Å². The molecular weight excluding hydrogens is 388 g/mol. The van der Waals surface area contributed by atoms with Crippen molar-refractivity contribution in [2.45, 2.75) is 32.4 Å². The monoisotopic (exact) mass is 414 g/mol. The molecule has 31 heavy (non-hydrogen) atoms. The van der Waals surface area contributed by atoms with Gasteiger partial charge in [0.15, 0.2) is 0 Å². The van der Waals surface area contributed by atoms with Crippen LogP contribution in [-0.4, -0.2) is 27.0 Å². The largest absolute Gasteiger partial charge is 0.494 e.